The van der Waals surface area contributed by atoms with Crippen molar-refractivity contribution in [3.8, 4) is 0 Å². The van der Waals surface area contributed by atoms with Gasteiger partial charge in [-0.15, -0.1) is 11.7 Å². The van der Waals surface area contributed by atoms with Crippen molar-refractivity contribution in [2.24, 2.45) is 11.8 Å². The van der Waals surface area contributed by atoms with E-state index in [0.717, 1.165) is 11.1 Å². The van der Waals surface area contributed by atoms with Crippen LogP contribution in [0.1, 0.15) is 18.4 Å². The fraction of sp³-hybridized carbons (Fsp3) is 0.406. The van der Waals surface area contributed by atoms with E-state index in [9.17, 15) is 19.5 Å². The number of fused-ring (bicyclic) bond motifs is 2. The number of rotatable bonds is 12. The van der Waals surface area contributed by atoms with E-state index >= 15 is 0 Å². The van der Waals surface area contributed by atoms with Crippen molar-refractivity contribution in [3.63, 3.8) is 0 Å². The van der Waals surface area contributed by atoms with Crippen LogP contribution in [0, 0.1) is 11.8 Å². The van der Waals surface area contributed by atoms with Crippen molar-refractivity contribution in [3.05, 3.63) is 85.5 Å². The van der Waals surface area contributed by atoms with Crippen molar-refractivity contribution in [1.29, 1.82) is 0 Å². The van der Waals surface area contributed by atoms with Crippen molar-refractivity contribution in [2.45, 2.75) is 49.7 Å². The molecule has 2 bridgehead atoms. The summed E-state index contributed by atoms with van der Waals surface area (Å²) in [6, 6.07) is 15.1. The zero-order valence-electron chi connectivity index (χ0n) is 23.8. The highest BCUT2D eigenvalue weighted by Crippen LogP contribution is 2.59. The van der Waals surface area contributed by atoms with Crippen molar-refractivity contribution in [1.82, 2.24) is 24.8 Å². The van der Waals surface area contributed by atoms with E-state index in [1.54, 1.807) is 15.7 Å². The van der Waals surface area contributed by atoms with E-state index in [-0.39, 0.29) is 38.2 Å². The maximum atomic E-state index is 14.7. The number of aliphatic hydroxyl groups is 1. The van der Waals surface area contributed by atoms with Gasteiger partial charge < -0.3 is 24.4 Å². The van der Waals surface area contributed by atoms with Gasteiger partial charge in [-0.1, -0.05) is 66.4 Å². The first kappa shape index (κ1) is 28.8. The summed E-state index contributed by atoms with van der Waals surface area (Å²) in [6.45, 7) is 7.33. The average Bonchev–Trinajstić information content (AvgIpc) is 3.78. The fourth-order valence-electron chi connectivity index (χ4n) is 7.14. The van der Waals surface area contributed by atoms with Crippen LogP contribution >= 0.6 is 0 Å². The number of amides is 2. The lowest BCUT2D eigenvalue weighted by atomic mass is 9.70. The second-order valence-corrected chi connectivity index (χ2v) is 11.3. The Morgan fingerprint density at radius 2 is 1.93 bits per heavy atom. The molecule has 2 unspecified atom stereocenters. The Morgan fingerprint density at radius 1 is 1.16 bits per heavy atom. The van der Waals surface area contributed by atoms with Gasteiger partial charge in [0, 0.05) is 6.54 Å². The van der Waals surface area contributed by atoms with Gasteiger partial charge in [-0.25, -0.2) is 4.68 Å². The molecule has 0 radical (unpaired) electrons. The minimum atomic E-state index is -1.25. The zero-order valence-corrected chi connectivity index (χ0v) is 23.8. The van der Waals surface area contributed by atoms with Crippen LogP contribution in [-0.2, 0) is 36.9 Å². The first-order valence-corrected chi connectivity index (χ1v) is 14.5. The SMILES string of the molecule is C=CCOC(=O)[C@@H]1[C@H]2C(=O)N([C@@H](CO)Cc3ccccc3)C(C(=O)N(CC=C)Cn3nnc4ccccc43)C23CC[C@H]1O3. The second kappa shape index (κ2) is 11.7. The Hall–Kier alpha value is -4.35. The molecule has 4 heterocycles. The van der Waals surface area contributed by atoms with Crippen LogP contribution in [0.15, 0.2) is 79.9 Å². The van der Waals surface area contributed by atoms with E-state index in [4.69, 9.17) is 9.47 Å². The summed E-state index contributed by atoms with van der Waals surface area (Å²) in [5.74, 6) is -3.08. The Labute approximate surface area is 249 Å². The van der Waals surface area contributed by atoms with Crippen molar-refractivity contribution < 1.29 is 29.0 Å². The predicted molar refractivity (Wildman–Crippen MR) is 156 cm³/mol. The highest BCUT2D eigenvalue weighted by molar-refractivity contribution is 5.98. The molecule has 1 N–H and O–H groups in total. The molecule has 224 valence electrons. The summed E-state index contributed by atoms with van der Waals surface area (Å²) in [7, 11) is 0. The third-order valence-corrected chi connectivity index (χ3v) is 8.89. The number of aliphatic hydroxyl groups excluding tert-OH is 1. The van der Waals surface area contributed by atoms with Crippen LogP contribution in [-0.4, -0.2) is 91.2 Å². The van der Waals surface area contributed by atoms with E-state index in [0.29, 0.717) is 24.8 Å². The third kappa shape index (κ3) is 4.82. The number of nitrogens with zero attached hydrogens (tertiary/aromatic N) is 5. The molecule has 3 fully saturated rings. The highest BCUT2D eigenvalue weighted by Gasteiger charge is 2.75. The molecule has 1 aromatic heterocycles. The largest absolute Gasteiger partial charge is 0.461 e. The topological polar surface area (TPSA) is 127 Å². The lowest BCUT2D eigenvalue weighted by Gasteiger charge is -2.39. The maximum absolute atomic E-state index is 14.7. The number of aromatic nitrogens is 3. The number of esters is 1. The Bertz CT molecular complexity index is 1540. The van der Waals surface area contributed by atoms with Crippen molar-refractivity contribution in [2.75, 3.05) is 19.8 Å². The number of hydrogen-bond acceptors (Lipinski definition) is 8. The molecule has 1 spiro atoms. The number of para-hydroxylation sites is 1. The second-order valence-electron chi connectivity index (χ2n) is 11.3. The van der Waals surface area contributed by atoms with Crippen molar-refractivity contribution >= 4 is 28.8 Å². The molecule has 0 aliphatic carbocycles. The first-order valence-electron chi connectivity index (χ1n) is 14.5. The molecule has 43 heavy (non-hydrogen) atoms. The first-order chi connectivity index (χ1) is 20.9. The van der Waals surface area contributed by atoms with Crippen LogP contribution in [0.25, 0.3) is 11.0 Å². The van der Waals surface area contributed by atoms with E-state index < -0.39 is 41.6 Å². The fourth-order valence-corrected chi connectivity index (χ4v) is 7.14. The Morgan fingerprint density at radius 3 is 2.67 bits per heavy atom. The zero-order chi connectivity index (χ0) is 30.1. The Balaban J connectivity index is 1.40. The van der Waals surface area contributed by atoms with Gasteiger partial charge in [-0.05, 0) is 37.0 Å². The van der Waals surface area contributed by atoms with Gasteiger partial charge in [-0.3, -0.25) is 14.4 Å². The molecule has 2 amide bonds. The summed E-state index contributed by atoms with van der Waals surface area (Å²) in [6.07, 6.45) is 3.79. The standard InChI is InChI=1S/C32H35N5O6/c1-3-16-35(20-36-24-13-9-8-12-23(24)33-34-36)30(40)28-32-15-14-25(43-32)26(31(41)42-17-4-2)27(32)29(39)37(28)22(19-38)18-21-10-6-5-7-11-21/h3-13,22,25-28,38H,1-2,14-20H2/t22-,25-,26+,27+,28?,32?/m1/s1. The van der Waals surface area contributed by atoms with Gasteiger partial charge in [0.05, 0.1) is 36.1 Å². The molecular formula is C32H35N5O6. The smallest absolute Gasteiger partial charge is 0.312 e. The van der Waals surface area contributed by atoms with Gasteiger partial charge in [0.25, 0.3) is 0 Å². The van der Waals surface area contributed by atoms with Gasteiger partial charge >= 0.3 is 5.97 Å². The summed E-state index contributed by atoms with van der Waals surface area (Å²) in [5, 5.41) is 19.1. The minimum absolute atomic E-state index is 0.00822. The normalized spacial score (nSPS) is 26.3. The Kier molecular flexibility index (Phi) is 7.85. The van der Waals surface area contributed by atoms with Gasteiger partial charge in [0.1, 0.15) is 30.4 Å². The molecule has 3 aromatic rings. The summed E-state index contributed by atoms with van der Waals surface area (Å²) in [5.41, 5.74) is 1.09. The lowest BCUT2D eigenvalue weighted by Crippen LogP contribution is -2.59. The van der Waals surface area contributed by atoms with E-state index in [1.165, 1.54) is 11.0 Å². The molecule has 6 atom stereocenters. The highest BCUT2D eigenvalue weighted by atomic mass is 16.6. The summed E-state index contributed by atoms with van der Waals surface area (Å²) < 4.78 is 13.6. The maximum Gasteiger partial charge on any atom is 0.312 e. The van der Waals surface area contributed by atoms with E-state index in [1.807, 2.05) is 54.6 Å². The minimum Gasteiger partial charge on any atom is -0.461 e. The van der Waals surface area contributed by atoms with Crippen LogP contribution < -0.4 is 0 Å². The van der Waals surface area contributed by atoms with Gasteiger partial charge in [0.2, 0.25) is 11.8 Å². The van der Waals surface area contributed by atoms with Crippen LogP contribution in [0.5, 0.6) is 0 Å². The van der Waals surface area contributed by atoms with Crippen LogP contribution in [0.2, 0.25) is 0 Å². The van der Waals surface area contributed by atoms with Gasteiger partial charge in [-0.2, -0.15) is 0 Å². The average molecular weight is 586 g/mol. The molecule has 0 saturated carbocycles. The number of ether oxygens (including phenoxy) is 2. The molecule has 11 heteroatoms. The van der Waals surface area contributed by atoms with Crippen LogP contribution in [0.4, 0.5) is 0 Å². The molecule has 3 saturated heterocycles. The predicted octanol–water partition coefficient (Wildman–Crippen LogP) is 2.11. The monoisotopic (exact) mass is 585 g/mol. The number of likely N-dealkylation sites (tertiary alicyclic amines) is 1. The number of benzene rings is 2. The summed E-state index contributed by atoms with van der Waals surface area (Å²) in [4.78, 5) is 45.5. The number of carbonyl (C=O) groups is 3. The number of hydrogen-bond donors (Lipinski definition) is 1. The molecule has 2 aromatic carbocycles. The molecule has 3 aliphatic rings. The number of carbonyl (C=O) groups excluding carboxylic acids is 3. The quantitative estimate of drug-likeness (QED) is 0.253. The van der Waals surface area contributed by atoms with E-state index in [2.05, 4.69) is 23.5 Å². The molecule has 3 aliphatic heterocycles. The van der Waals surface area contributed by atoms with Crippen LogP contribution in [0.3, 0.4) is 0 Å². The third-order valence-electron chi connectivity index (χ3n) is 8.89. The lowest BCUT2D eigenvalue weighted by molar-refractivity contribution is -0.156. The molecular weight excluding hydrogens is 550 g/mol. The summed E-state index contributed by atoms with van der Waals surface area (Å²) >= 11 is 0. The molecule has 11 nitrogen and oxygen atoms in total. The van der Waals surface area contributed by atoms with Gasteiger partial charge in [0.15, 0.2) is 0 Å². The molecule has 6 rings (SSSR count).